The smallest absolute Gasteiger partial charge is 0.265 e. The molecule has 0 bridgehead atoms. The van der Waals surface area contributed by atoms with Crippen LogP contribution < -0.4 is 11.3 Å². The number of amides is 1. The quantitative estimate of drug-likeness (QED) is 0.270. The summed E-state index contributed by atoms with van der Waals surface area (Å²) in [6, 6.07) is 7.70. The van der Waals surface area contributed by atoms with Gasteiger partial charge in [0.1, 0.15) is 0 Å². The van der Waals surface area contributed by atoms with Crippen molar-refractivity contribution in [2.24, 2.45) is 11.8 Å². The molecule has 1 fully saturated rings. The Morgan fingerprint density at radius 2 is 1.68 bits per heavy atom. The highest BCUT2D eigenvalue weighted by atomic mass is 16.5. The van der Waals surface area contributed by atoms with E-state index in [2.05, 4.69) is 5.43 Å². The molecule has 0 aromatic heterocycles. The Hall–Kier alpha value is -1.39. The highest BCUT2D eigenvalue weighted by Gasteiger charge is 2.12. The topological polar surface area (TPSA) is 64.3 Å². The average Bonchev–Trinajstić information content (AvgIpc) is 2.67. The van der Waals surface area contributed by atoms with Crippen LogP contribution in [0.2, 0.25) is 0 Å². The van der Waals surface area contributed by atoms with Crippen molar-refractivity contribution in [2.45, 2.75) is 70.6 Å². The van der Waals surface area contributed by atoms with Crippen LogP contribution in [0.25, 0.3) is 0 Å². The molecule has 0 saturated heterocycles. The zero-order chi connectivity index (χ0) is 17.7. The number of unbranched alkanes of at least 4 members (excludes halogenated alkanes) is 4. The highest BCUT2D eigenvalue weighted by molar-refractivity contribution is 5.93. The number of rotatable bonds is 11. The first kappa shape index (κ1) is 19.9. The molecule has 1 aliphatic carbocycles. The van der Waals surface area contributed by atoms with Crippen molar-refractivity contribution >= 4 is 5.91 Å². The SMILES string of the molecule is NNC(=O)c1ccc(CCCCCCCOCC2CCCCC2)cc1. The third kappa shape index (κ3) is 8.02. The molecule has 2 rings (SSSR count). The fraction of sp³-hybridized carbons (Fsp3) is 0.667. The fourth-order valence-corrected chi connectivity index (χ4v) is 3.57. The first-order valence-corrected chi connectivity index (χ1v) is 9.97. The summed E-state index contributed by atoms with van der Waals surface area (Å²) >= 11 is 0. The van der Waals surface area contributed by atoms with Gasteiger partial charge in [0.25, 0.3) is 5.91 Å². The molecule has 0 atom stereocenters. The Morgan fingerprint density at radius 3 is 2.40 bits per heavy atom. The lowest BCUT2D eigenvalue weighted by Crippen LogP contribution is -2.29. The molecule has 0 spiro atoms. The molecule has 1 amide bonds. The molecule has 1 aliphatic rings. The van der Waals surface area contributed by atoms with Gasteiger partial charge in [0, 0.05) is 18.8 Å². The summed E-state index contributed by atoms with van der Waals surface area (Å²) in [7, 11) is 0. The van der Waals surface area contributed by atoms with Crippen LogP contribution in [0.15, 0.2) is 24.3 Å². The largest absolute Gasteiger partial charge is 0.381 e. The Balaban J connectivity index is 1.43. The maximum atomic E-state index is 11.4. The number of ether oxygens (including phenoxy) is 1. The van der Waals surface area contributed by atoms with E-state index in [4.69, 9.17) is 10.6 Å². The van der Waals surface area contributed by atoms with Gasteiger partial charge in [0.05, 0.1) is 0 Å². The fourth-order valence-electron chi connectivity index (χ4n) is 3.57. The summed E-state index contributed by atoms with van der Waals surface area (Å²) in [4.78, 5) is 11.4. The zero-order valence-electron chi connectivity index (χ0n) is 15.5. The monoisotopic (exact) mass is 346 g/mol. The molecule has 0 heterocycles. The summed E-state index contributed by atoms with van der Waals surface area (Å²) in [5.41, 5.74) is 4.04. The lowest BCUT2D eigenvalue weighted by atomic mass is 9.90. The lowest BCUT2D eigenvalue weighted by molar-refractivity contribution is 0.0824. The first-order chi connectivity index (χ1) is 12.3. The van der Waals surface area contributed by atoms with Gasteiger partial charge >= 0.3 is 0 Å². The number of hydrazine groups is 1. The molecular formula is C21H34N2O2. The second-order valence-electron chi connectivity index (χ2n) is 7.27. The van der Waals surface area contributed by atoms with E-state index in [1.807, 2.05) is 24.3 Å². The molecule has 25 heavy (non-hydrogen) atoms. The van der Waals surface area contributed by atoms with Gasteiger partial charge in [0.15, 0.2) is 0 Å². The lowest BCUT2D eigenvalue weighted by Gasteiger charge is -2.21. The molecule has 1 aromatic rings. The van der Waals surface area contributed by atoms with Gasteiger partial charge in [-0.3, -0.25) is 10.2 Å². The second-order valence-corrected chi connectivity index (χ2v) is 7.27. The van der Waals surface area contributed by atoms with Crippen molar-refractivity contribution in [1.82, 2.24) is 5.43 Å². The van der Waals surface area contributed by atoms with E-state index in [1.54, 1.807) is 0 Å². The highest BCUT2D eigenvalue weighted by Crippen LogP contribution is 2.23. The van der Waals surface area contributed by atoms with Gasteiger partial charge in [-0.15, -0.1) is 0 Å². The molecule has 3 N–H and O–H groups in total. The average molecular weight is 347 g/mol. The Labute approximate surface area is 152 Å². The van der Waals surface area contributed by atoms with E-state index < -0.39 is 0 Å². The van der Waals surface area contributed by atoms with Gasteiger partial charge in [-0.05, 0) is 55.7 Å². The van der Waals surface area contributed by atoms with Crippen LogP contribution in [0.1, 0.15) is 80.1 Å². The summed E-state index contributed by atoms with van der Waals surface area (Å²) in [5.74, 6) is 5.72. The number of nitrogen functional groups attached to an aromatic ring is 1. The first-order valence-electron chi connectivity index (χ1n) is 9.97. The van der Waals surface area contributed by atoms with Gasteiger partial charge < -0.3 is 4.74 Å². The van der Waals surface area contributed by atoms with Crippen LogP contribution in [0, 0.1) is 5.92 Å². The molecule has 1 aromatic carbocycles. The van der Waals surface area contributed by atoms with Gasteiger partial charge in [0.2, 0.25) is 0 Å². The minimum atomic E-state index is -0.239. The van der Waals surface area contributed by atoms with E-state index in [1.165, 1.54) is 69.8 Å². The molecular weight excluding hydrogens is 312 g/mol. The number of carbonyl (C=O) groups excluding carboxylic acids is 1. The van der Waals surface area contributed by atoms with Crippen molar-refractivity contribution < 1.29 is 9.53 Å². The number of hydrogen-bond donors (Lipinski definition) is 2. The van der Waals surface area contributed by atoms with Crippen molar-refractivity contribution in [2.75, 3.05) is 13.2 Å². The van der Waals surface area contributed by atoms with Crippen LogP contribution in [0.3, 0.4) is 0 Å². The van der Waals surface area contributed by atoms with E-state index in [-0.39, 0.29) is 5.91 Å². The molecule has 1 saturated carbocycles. The van der Waals surface area contributed by atoms with E-state index in [0.29, 0.717) is 5.56 Å². The van der Waals surface area contributed by atoms with E-state index in [9.17, 15) is 4.79 Å². The number of carbonyl (C=O) groups is 1. The van der Waals surface area contributed by atoms with Crippen LogP contribution in [0.4, 0.5) is 0 Å². The van der Waals surface area contributed by atoms with Crippen molar-refractivity contribution in [3.8, 4) is 0 Å². The third-order valence-corrected chi connectivity index (χ3v) is 5.18. The van der Waals surface area contributed by atoms with Crippen LogP contribution in [-0.4, -0.2) is 19.1 Å². The molecule has 0 radical (unpaired) electrons. The van der Waals surface area contributed by atoms with Crippen LogP contribution >= 0.6 is 0 Å². The predicted octanol–water partition coefficient (Wildman–Crippen LogP) is 4.38. The molecule has 0 unspecified atom stereocenters. The van der Waals surface area contributed by atoms with E-state index >= 15 is 0 Å². The van der Waals surface area contributed by atoms with Crippen LogP contribution in [-0.2, 0) is 11.2 Å². The second kappa shape index (κ2) is 12.0. The Morgan fingerprint density at radius 1 is 1.00 bits per heavy atom. The van der Waals surface area contributed by atoms with E-state index in [0.717, 1.165) is 25.6 Å². The summed E-state index contributed by atoms with van der Waals surface area (Å²) < 4.78 is 5.85. The number of aryl methyl sites for hydroxylation is 1. The van der Waals surface area contributed by atoms with Crippen molar-refractivity contribution in [1.29, 1.82) is 0 Å². The third-order valence-electron chi connectivity index (χ3n) is 5.18. The molecule has 140 valence electrons. The Kier molecular flexibility index (Phi) is 9.60. The number of benzene rings is 1. The zero-order valence-corrected chi connectivity index (χ0v) is 15.5. The number of nitrogens with one attached hydrogen (secondary N) is 1. The maximum Gasteiger partial charge on any atom is 0.265 e. The number of hydrogen-bond acceptors (Lipinski definition) is 3. The van der Waals surface area contributed by atoms with Crippen LogP contribution in [0.5, 0.6) is 0 Å². The summed E-state index contributed by atoms with van der Waals surface area (Å²) in [6.07, 6.45) is 14.2. The summed E-state index contributed by atoms with van der Waals surface area (Å²) in [5, 5.41) is 0. The number of nitrogens with two attached hydrogens (primary N) is 1. The predicted molar refractivity (Wildman–Crippen MR) is 102 cm³/mol. The minimum absolute atomic E-state index is 0.239. The van der Waals surface area contributed by atoms with Crippen molar-refractivity contribution in [3.05, 3.63) is 35.4 Å². The molecule has 4 heteroatoms. The van der Waals surface area contributed by atoms with Gasteiger partial charge in [-0.25, -0.2) is 5.84 Å². The maximum absolute atomic E-state index is 11.4. The minimum Gasteiger partial charge on any atom is -0.381 e. The molecule has 0 aliphatic heterocycles. The normalized spacial score (nSPS) is 15.2. The van der Waals surface area contributed by atoms with Crippen molar-refractivity contribution in [3.63, 3.8) is 0 Å². The summed E-state index contributed by atoms with van der Waals surface area (Å²) in [6.45, 7) is 1.92. The standard InChI is InChI=1S/C21H34N2O2/c22-23-21(24)20-14-12-18(13-15-20)9-5-2-1-3-8-16-25-17-19-10-6-4-7-11-19/h12-15,19H,1-11,16-17,22H2,(H,23,24). The molecule has 4 nitrogen and oxygen atoms in total. The van der Waals surface area contributed by atoms with Gasteiger partial charge in [-0.2, -0.15) is 0 Å². The Bertz CT molecular complexity index is 481. The van der Waals surface area contributed by atoms with Gasteiger partial charge in [-0.1, -0.05) is 50.7 Å².